The summed E-state index contributed by atoms with van der Waals surface area (Å²) in [6.07, 6.45) is 0. The quantitative estimate of drug-likeness (QED) is 0.856. The number of pyridine rings is 1. The lowest BCUT2D eigenvalue weighted by Crippen LogP contribution is -2.27. The van der Waals surface area contributed by atoms with Crippen LogP contribution in [-0.4, -0.2) is 22.8 Å². The van der Waals surface area contributed by atoms with Crippen molar-refractivity contribution in [2.24, 2.45) is 0 Å². The Kier molecular flexibility index (Phi) is 4.83. The topological polar surface area (TPSA) is 33.2 Å². The number of rotatable bonds is 3. The molecule has 0 aliphatic heterocycles. The number of carbonyl (C=O) groups is 1. The molecule has 0 aliphatic rings. The SMILES string of the molecule is Cc1cccc(CN(C)C(=O)c2cc(S)ccc2Br)n1. The third-order valence-electron chi connectivity index (χ3n) is 2.87. The zero-order chi connectivity index (χ0) is 14.7. The number of carbonyl (C=O) groups excluding carboxylic acids is 1. The lowest BCUT2D eigenvalue weighted by atomic mass is 10.2. The lowest BCUT2D eigenvalue weighted by molar-refractivity contribution is 0.0782. The van der Waals surface area contributed by atoms with Crippen molar-refractivity contribution in [3.63, 3.8) is 0 Å². The smallest absolute Gasteiger partial charge is 0.255 e. The van der Waals surface area contributed by atoms with E-state index in [4.69, 9.17) is 0 Å². The second kappa shape index (κ2) is 6.41. The maximum atomic E-state index is 12.4. The average molecular weight is 351 g/mol. The molecule has 0 N–H and O–H groups in total. The first-order chi connectivity index (χ1) is 9.47. The first-order valence-corrected chi connectivity index (χ1v) is 7.38. The Hall–Kier alpha value is -1.33. The van der Waals surface area contributed by atoms with Gasteiger partial charge in [-0.3, -0.25) is 9.78 Å². The summed E-state index contributed by atoms with van der Waals surface area (Å²) in [5, 5.41) is 0. The first-order valence-electron chi connectivity index (χ1n) is 6.14. The third kappa shape index (κ3) is 3.61. The molecule has 2 aromatic rings. The predicted molar refractivity (Wildman–Crippen MR) is 86.2 cm³/mol. The maximum Gasteiger partial charge on any atom is 0.255 e. The Morgan fingerprint density at radius 1 is 1.35 bits per heavy atom. The molecule has 0 aliphatic carbocycles. The fourth-order valence-corrected chi connectivity index (χ4v) is 2.50. The summed E-state index contributed by atoms with van der Waals surface area (Å²) in [6, 6.07) is 11.2. The minimum Gasteiger partial charge on any atom is -0.336 e. The van der Waals surface area contributed by atoms with Gasteiger partial charge in [-0.05, 0) is 53.2 Å². The Morgan fingerprint density at radius 3 is 2.80 bits per heavy atom. The van der Waals surface area contributed by atoms with Gasteiger partial charge in [-0.1, -0.05) is 6.07 Å². The van der Waals surface area contributed by atoms with Crippen LogP contribution >= 0.6 is 28.6 Å². The largest absolute Gasteiger partial charge is 0.336 e. The van der Waals surface area contributed by atoms with Crippen LogP contribution in [0.25, 0.3) is 0 Å². The number of benzene rings is 1. The number of amides is 1. The number of aryl methyl sites for hydroxylation is 1. The molecule has 1 aromatic heterocycles. The number of thiol groups is 1. The number of halogens is 1. The van der Waals surface area contributed by atoms with Gasteiger partial charge >= 0.3 is 0 Å². The molecule has 0 bridgehead atoms. The van der Waals surface area contributed by atoms with E-state index in [-0.39, 0.29) is 5.91 Å². The molecule has 1 amide bonds. The number of nitrogens with zero attached hydrogens (tertiary/aromatic N) is 2. The van der Waals surface area contributed by atoms with Gasteiger partial charge in [0.15, 0.2) is 0 Å². The van der Waals surface area contributed by atoms with Crippen molar-refractivity contribution >= 4 is 34.5 Å². The van der Waals surface area contributed by atoms with E-state index in [0.29, 0.717) is 12.1 Å². The summed E-state index contributed by atoms with van der Waals surface area (Å²) in [7, 11) is 1.77. The number of aromatic nitrogens is 1. The van der Waals surface area contributed by atoms with Crippen LogP contribution in [0.4, 0.5) is 0 Å². The van der Waals surface area contributed by atoms with Crippen LogP contribution in [-0.2, 0) is 6.54 Å². The second-order valence-corrected chi connectivity index (χ2v) is 5.97. The van der Waals surface area contributed by atoms with Crippen molar-refractivity contribution in [1.29, 1.82) is 0 Å². The van der Waals surface area contributed by atoms with E-state index in [0.717, 1.165) is 20.8 Å². The molecular weight excluding hydrogens is 336 g/mol. The molecule has 20 heavy (non-hydrogen) atoms. The number of hydrogen-bond donors (Lipinski definition) is 1. The minimum absolute atomic E-state index is 0.0592. The Balaban J connectivity index is 2.18. The molecule has 0 radical (unpaired) electrons. The van der Waals surface area contributed by atoms with Crippen molar-refractivity contribution in [3.8, 4) is 0 Å². The minimum atomic E-state index is -0.0592. The Labute approximate surface area is 132 Å². The van der Waals surface area contributed by atoms with E-state index in [1.165, 1.54) is 0 Å². The van der Waals surface area contributed by atoms with E-state index in [9.17, 15) is 4.79 Å². The van der Waals surface area contributed by atoms with E-state index in [1.54, 1.807) is 18.0 Å². The van der Waals surface area contributed by atoms with Crippen LogP contribution < -0.4 is 0 Å². The van der Waals surface area contributed by atoms with E-state index >= 15 is 0 Å². The zero-order valence-corrected chi connectivity index (χ0v) is 13.8. The fraction of sp³-hybridized carbons (Fsp3) is 0.200. The van der Waals surface area contributed by atoms with E-state index in [1.807, 2.05) is 37.3 Å². The highest BCUT2D eigenvalue weighted by Gasteiger charge is 2.15. The average Bonchev–Trinajstić information content (AvgIpc) is 2.40. The van der Waals surface area contributed by atoms with Gasteiger partial charge in [0.1, 0.15) is 0 Å². The van der Waals surface area contributed by atoms with Gasteiger partial charge in [0.05, 0.1) is 17.8 Å². The third-order valence-corrected chi connectivity index (χ3v) is 3.84. The molecule has 1 aromatic carbocycles. The van der Waals surface area contributed by atoms with Crippen molar-refractivity contribution in [3.05, 3.63) is 57.8 Å². The summed E-state index contributed by atoms with van der Waals surface area (Å²) in [5.41, 5.74) is 2.42. The van der Waals surface area contributed by atoms with Crippen molar-refractivity contribution < 1.29 is 4.79 Å². The van der Waals surface area contributed by atoms with Crippen molar-refractivity contribution in [2.45, 2.75) is 18.4 Å². The molecule has 0 atom stereocenters. The molecule has 104 valence electrons. The number of hydrogen-bond acceptors (Lipinski definition) is 3. The van der Waals surface area contributed by atoms with Crippen molar-refractivity contribution in [1.82, 2.24) is 9.88 Å². The first kappa shape index (κ1) is 15.1. The van der Waals surface area contributed by atoms with Gasteiger partial charge in [-0.2, -0.15) is 0 Å². The van der Waals surface area contributed by atoms with Crippen LogP contribution in [0.2, 0.25) is 0 Å². The van der Waals surface area contributed by atoms with Gasteiger partial charge in [-0.15, -0.1) is 12.6 Å². The maximum absolute atomic E-state index is 12.4. The monoisotopic (exact) mass is 350 g/mol. The molecule has 0 unspecified atom stereocenters. The summed E-state index contributed by atoms with van der Waals surface area (Å²) >= 11 is 7.67. The Morgan fingerprint density at radius 2 is 2.10 bits per heavy atom. The standard InChI is InChI=1S/C15H15BrN2OS/c1-10-4-3-5-11(17-10)9-18(2)15(19)13-8-12(20)6-7-14(13)16/h3-8,20H,9H2,1-2H3. The molecule has 2 rings (SSSR count). The van der Waals surface area contributed by atoms with Crippen LogP contribution in [0, 0.1) is 6.92 Å². The van der Waals surface area contributed by atoms with Gasteiger partial charge in [-0.25, -0.2) is 0 Å². The van der Waals surface area contributed by atoms with Gasteiger partial charge < -0.3 is 4.90 Å². The molecule has 0 saturated carbocycles. The highest BCUT2D eigenvalue weighted by molar-refractivity contribution is 9.10. The summed E-state index contributed by atoms with van der Waals surface area (Å²) in [6.45, 7) is 2.41. The zero-order valence-electron chi connectivity index (χ0n) is 11.3. The van der Waals surface area contributed by atoms with Crippen LogP contribution in [0.3, 0.4) is 0 Å². The predicted octanol–water partition coefficient (Wildman–Crippen LogP) is 3.71. The molecule has 0 spiro atoms. The molecule has 3 nitrogen and oxygen atoms in total. The van der Waals surface area contributed by atoms with Crippen molar-refractivity contribution in [2.75, 3.05) is 7.05 Å². The molecule has 5 heteroatoms. The highest BCUT2D eigenvalue weighted by Crippen LogP contribution is 2.22. The lowest BCUT2D eigenvalue weighted by Gasteiger charge is -2.18. The normalized spacial score (nSPS) is 10.4. The van der Waals surface area contributed by atoms with Crippen LogP contribution in [0.1, 0.15) is 21.7 Å². The molecular formula is C15H15BrN2OS. The Bertz CT molecular complexity index is 646. The molecule has 0 fully saturated rings. The summed E-state index contributed by atoms with van der Waals surface area (Å²) in [4.78, 5) is 19.3. The highest BCUT2D eigenvalue weighted by atomic mass is 79.9. The van der Waals surface area contributed by atoms with E-state index in [2.05, 4.69) is 33.5 Å². The summed E-state index contributed by atoms with van der Waals surface area (Å²) in [5.74, 6) is -0.0592. The van der Waals surface area contributed by atoms with Gasteiger partial charge in [0.25, 0.3) is 5.91 Å². The second-order valence-electron chi connectivity index (χ2n) is 4.60. The van der Waals surface area contributed by atoms with Crippen LogP contribution in [0.5, 0.6) is 0 Å². The van der Waals surface area contributed by atoms with E-state index < -0.39 is 0 Å². The molecule has 0 saturated heterocycles. The van der Waals surface area contributed by atoms with Gasteiger partial charge in [0.2, 0.25) is 0 Å². The fourth-order valence-electron chi connectivity index (χ4n) is 1.89. The van der Waals surface area contributed by atoms with Gasteiger partial charge in [0, 0.05) is 22.1 Å². The summed E-state index contributed by atoms with van der Waals surface area (Å²) < 4.78 is 0.768. The molecule has 1 heterocycles. The van der Waals surface area contributed by atoms with Crippen LogP contribution in [0.15, 0.2) is 45.8 Å².